The van der Waals surface area contributed by atoms with Crippen LogP contribution in [0.5, 0.6) is 0 Å². The first-order valence-electron chi connectivity index (χ1n) is 7.51. The molecule has 1 aliphatic heterocycles. The van der Waals surface area contributed by atoms with Gasteiger partial charge in [-0.15, -0.1) is 0 Å². The number of carboxylic acid groups (broad SMARTS) is 1. The zero-order valence-corrected chi connectivity index (χ0v) is 11.8. The third-order valence-corrected chi connectivity index (χ3v) is 4.50. The van der Waals surface area contributed by atoms with Gasteiger partial charge in [-0.1, -0.05) is 12.8 Å². The van der Waals surface area contributed by atoms with Crippen molar-refractivity contribution in [2.75, 3.05) is 19.7 Å². The molecule has 1 heterocycles. The number of amides is 2. The molecule has 20 heavy (non-hydrogen) atoms. The van der Waals surface area contributed by atoms with Gasteiger partial charge in [-0.2, -0.15) is 0 Å². The lowest BCUT2D eigenvalue weighted by atomic mass is 9.84. The number of nitrogens with one attached hydrogen (secondary N) is 1. The molecule has 0 radical (unpaired) electrons. The average molecular weight is 284 g/mol. The average Bonchev–Trinajstić information content (AvgIpc) is 2.88. The van der Waals surface area contributed by atoms with E-state index in [9.17, 15) is 14.7 Å². The van der Waals surface area contributed by atoms with E-state index in [0.29, 0.717) is 25.4 Å². The maximum atomic E-state index is 12.2. The second-order valence-electron chi connectivity index (χ2n) is 5.90. The predicted molar refractivity (Wildman–Crippen MR) is 73.3 cm³/mol. The Morgan fingerprint density at radius 3 is 2.65 bits per heavy atom. The van der Waals surface area contributed by atoms with Gasteiger partial charge >= 0.3 is 12.0 Å². The van der Waals surface area contributed by atoms with Gasteiger partial charge in [0.25, 0.3) is 0 Å². The van der Waals surface area contributed by atoms with E-state index in [-0.39, 0.29) is 18.7 Å². The molecule has 6 heteroatoms. The molecule has 114 valence electrons. The lowest BCUT2D eigenvalue weighted by Crippen LogP contribution is -2.49. The van der Waals surface area contributed by atoms with Crippen LogP contribution in [0.4, 0.5) is 4.79 Å². The molecule has 2 rings (SSSR count). The van der Waals surface area contributed by atoms with E-state index in [1.54, 1.807) is 4.90 Å². The first-order valence-corrected chi connectivity index (χ1v) is 7.51. The molecule has 1 aliphatic carbocycles. The molecule has 0 aromatic rings. The Balaban J connectivity index is 1.85. The van der Waals surface area contributed by atoms with Crippen molar-refractivity contribution in [2.24, 2.45) is 11.8 Å². The predicted octanol–water partition coefficient (Wildman–Crippen LogP) is 1.04. The van der Waals surface area contributed by atoms with Crippen LogP contribution in [0.3, 0.4) is 0 Å². The standard InChI is InChI=1S/C14H24N2O4/c17-8-6-10-5-7-16(9-10)14(20)15-12-4-2-1-3-11(12)13(18)19/h10-12,17H,1-9H2,(H,15,20)(H,18,19). The van der Waals surface area contributed by atoms with Crippen molar-refractivity contribution < 1.29 is 19.8 Å². The number of rotatable bonds is 4. The molecular weight excluding hydrogens is 260 g/mol. The van der Waals surface area contributed by atoms with E-state index < -0.39 is 11.9 Å². The Morgan fingerprint density at radius 1 is 1.20 bits per heavy atom. The zero-order chi connectivity index (χ0) is 14.5. The summed E-state index contributed by atoms with van der Waals surface area (Å²) in [5.41, 5.74) is 0. The minimum absolute atomic E-state index is 0.149. The summed E-state index contributed by atoms with van der Waals surface area (Å²) in [5.74, 6) is -0.898. The molecule has 0 bridgehead atoms. The van der Waals surface area contributed by atoms with Crippen LogP contribution in [0.1, 0.15) is 38.5 Å². The number of carboxylic acids is 1. The number of carbonyl (C=O) groups excluding carboxylic acids is 1. The van der Waals surface area contributed by atoms with Gasteiger partial charge in [0, 0.05) is 25.7 Å². The first-order chi connectivity index (χ1) is 9.61. The number of likely N-dealkylation sites (tertiary alicyclic amines) is 1. The Hall–Kier alpha value is -1.30. The highest BCUT2D eigenvalue weighted by molar-refractivity contribution is 5.77. The Labute approximate surface area is 119 Å². The number of hydrogen-bond donors (Lipinski definition) is 3. The number of urea groups is 1. The van der Waals surface area contributed by atoms with Gasteiger partial charge in [0.05, 0.1) is 5.92 Å². The topological polar surface area (TPSA) is 89.9 Å². The fourth-order valence-corrected chi connectivity index (χ4v) is 3.28. The molecule has 0 aromatic carbocycles. The van der Waals surface area contributed by atoms with Crippen molar-refractivity contribution in [1.82, 2.24) is 10.2 Å². The summed E-state index contributed by atoms with van der Waals surface area (Å²) in [4.78, 5) is 25.1. The summed E-state index contributed by atoms with van der Waals surface area (Å²) in [6.45, 7) is 1.52. The van der Waals surface area contributed by atoms with Crippen LogP contribution in [0.2, 0.25) is 0 Å². The van der Waals surface area contributed by atoms with Crippen LogP contribution in [-0.4, -0.2) is 52.9 Å². The largest absolute Gasteiger partial charge is 0.481 e. The number of hydrogen-bond acceptors (Lipinski definition) is 3. The Bertz CT molecular complexity index is 361. The van der Waals surface area contributed by atoms with Crippen molar-refractivity contribution >= 4 is 12.0 Å². The zero-order valence-electron chi connectivity index (χ0n) is 11.8. The van der Waals surface area contributed by atoms with E-state index in [2.05, 4.69) is 5.32 Å². The maximum absolute atomic E-state index is 12.2. The van der Waals surface area contributed by atoms with Gasteiger partial charge < -0.3 is 20.4 Å². The summed E-state index contributed by atoms with van der Waals surface area (Å²) < 4.78 is 0. The van der Waals surface area contributed by atoms with Gasteiger partial charge in [-0.25, -0.2) is 4.79 Å². The molecule has 0 aromatic heterocycles. The van der Waals surface area contributed by atoms with Crippen molar-refractivity contribution in [3.63, 3.8) is 0 Å². The van der Waals surface area contributed by atoms with Gasteiger partial charge in [0.1, 0.15) is 0 Å². The normalized spacial score (nSPS) is 30.2. The van der Waals surface area contributed by atoms with Crippen molar-refractivity contribution in [3.8, 4) is 0 Å². The lowest BCUT2D eigenvalue weighted by molar-refractivity contribution is -0.143. The molecule has 2 aliphatic rings. The highest BCUT2D eigenvalue weighted by Crippen LogP contribution is 2.25. The van der Waals surface area contributed by atoms with Crippen LogP contribution in [0.15, 0.2) is 0 Å². The highest BCUT2D eigenvalue weighted by atomic mass is 16.4. The van der Waals surface area contributed by atoms with Crippen molar-refractivity contribution in [1.29, 1.82) is 0 Å². The molecular formula is C14H24N2O4. The minimum Gasteiger partial charge on any atom is -0.481 e. The Kier molecular flexibility index (Phi) is 5.23. The molecule has 2 fully saturated rings. The summed E-state index contributed by atoms with van der Waals surface area (Å²) in [5, 5.41) is 21.0. The van der Waals surface area contributed by atoms with E-state index in [1.807, 2.05) is 0 Å². The van der Waals surface area contributed by atoms with Gasteiger partial charge in [0.2, 0.25) is 0 Å². The van der Waals surface area contributed by atoms with Crippen LogP contribution < -0.4 is 5.32 Å². The van der Waals surface area contributed by atoms with Gasteiger partial charge in [-0.05, 0) is 31.6 Å². The number of aliphatic hydroxyl groups is 1. The van der Waals surface area contributed by atoms with Gasteiger partial charge in [0.15, 0.2) is 0 Å². The number of nitrogens with zero attached hydrogens (tertiary/aromatic N) is 1. The SMILES string of the molecule is O=C(O)C1CCCCC1NC(=O)N1CCC(CCO)C1. The molecule has 3 atom stereocenters. The molecule has 1 saturated carbocycles. The maximum Gasteiger partial charge on any atom is 0.317 e. The molecule has 3 N–H and O–H groups in total. The molecule has 6 nitrogen and oxygen atoms in total. The summed E-state index contributed by atoms with van der Waals surface area (Å²) >= 11 is 0. The minimum atomic E-state index is -0.811. The third-order valence-electron chi connectivity index (χ3n) is 4.50. The smallest absolute Gasteiger partial charge is 0.317 e. The summed E-state index contributed by atoms with van der Waals surface area (Å²) in [7, 11) is 0. The molecule has 2 amide bonds. The van der Waals surface area contributed by atoms with E-state index >= 15 is 0 Å². The second kappa shape index (κ2) is 6.92. The fourth-order valence-electron chi connectivity index (χ4n) is 3.28. The Morgan fingerprint density at radius 2 is 1.95 bits per heavy atom. The summed E-state index contributed by atoms with van der Waals surface area (Å²) in [6.07, 6.45) is 4.93. The van der Waals surface area contributed by atoms with E-state index in [0.717, 1.165) is 32.1 Å². The number of carbonyl (C=O) groups is 2. The third kappa shape index (κ3) is 3.62. The second-order valence-corrected chi connectivity index (χ2v) is 5.90. The first kappa shape index (κ1) is 15.1. The van der Waals surface area contributed by atoms with E-state index in [4.69, 9.17) is 5.11 Å². The highest BCUT2D eigenvalue weighted by Gasteiger charge is 2.34. The van der Waals surface area contributed by atoms with Gasteiger partial charge in [-0.3, -0.25) is 4.79 Å². The van der Waals surface area contributed by atoms with Crippen LogP contribution in [0.25, 0.3) is 0 Å². The number of aliphatic hydroxyl groups excluding tert-OH is 1. The molecule has 3 unspecified atom stereocenters. The quantitative estimate of drug-likeness (QED) is 0.719. The molecule has 1 saturated heterocycles. The number of aliphatic carboxylic acids is 1. The van der Waals surface area contributed by atoms with Crippen LogP contribution >= 0.6 is 0 Å². The van der Waals surface area contributed by atoms with Crippen molar-refractivity contribution in [2.45, 2.75) is 44.6 Å². The van der Waals surface area contributed by atoms with Crippen molar-refractivity contribution in [3.05, 3.63) is 0 Å². The van der Waals surface area contributed by atoms with E-state index in [1.165, 1.54) is 0 Å². The fraction of sp³-hybridized carbons (Fsp3) is 0.857. The molecule has 0 spiro atoms. The summed E-state index contributed by atoms with van der Waals surface area (Å²) in [6, 6.07) is -0.394. The van der Waals surface area contributed by atoms with Crippen LogP contribution in [-0.2, 0) is 4.79 Å². The van der Waals surface area contributed by atoms with Crippen LogP contribution in [0, 0.1) is 11.8 Å². The monoisotopic (exact) mass is 284 g/mol. The lowest BCUT2D eigenvalue weighted by Gasteiger charge is -2.31.